The molecule has 0 saturated carbocycles. The lowest BCUT2D eigenvalue weighted by molar-refractivity contribution is 0.302. The van der Waals surface area contributed by atoms with E-state index < -0.39 is 0 Å². The molecule has 0 bridgehead atoms. The molecule has 1 aromatic heterocycles. The summed E-state index contributed by atoms with van der Waals surface area (Å²) in [6.07, 6.45) is 2.40. The first-order valence-corrected chi connectivity index (χ1v) is 8.99. The van der Waals surface area contributed by atoms with Crippen molar-refractivity contribution in [3.8, 4) is 0 Å². The topological polar surface area (TPSA) is 39.7 Å². The van der Waals surface area contributed by atoms with Crippen LogP contribution in [0.1, 0.15) is 44.5 Å². The van der Waals surface area contributed by atoms with Gasteiger partial charge in [-0.3, -0.25) is 4.99 Å². The molecular weight excluding hydrogens is 419 g/mol. The van der Waals surface area contributed by atoms with Gasteiger partial charge in [0.15, 0.2) is 5.96 Å². The fourth-order valence-corrected chi connectivity index (χ4v) is 3.22. The Morgan fingerprint density at radius 1 is 1.26 bits per heavy atom. The van der Waals surface area contributed by atoms with Gasteiger partial charge in [-0.05, 0) is 51.2 Å². The summed E-state index contributed by atoms with van der Waals surface area (Å²) in [5, 5.41) is 9.08. The van der Waals surface area contributed by atoms with E-state index in [4.69, 9.17) is 0 Å². The minimum Gasteiger partial charge on any atom is -0.354 e. The number of hydrogen-bond donors (Lipinski definition) is 2. The number of aliphatic imine (C=N–C) groups is 1. The van der Waals surface area contributed by atoms with Gasteiger partial charge in [0.25, 0.3) is 0 Å². The van der Waals surface area contributed by atoms with Gasteiger partial charge in [-0.15, -0.1) is 35.3 Å². The van der Waals surface area contributed by atoms with E-state index in [1.807, 2.05) is 7.05 Å². The third-order valence-corrected chi connectivity index (χ3v) is 4.72. The molecule has 134 valence electrons. The van der Waals surface area contributed by atoms with Gasteiger partial charge in [0.1, 0.15) is 0 Å². The van der Waals surface area contributed by atoms with E-state index in [-0.39, 0.29) is 24.0 Å². The van der Waals surface area contributed by atoms with Crippen molar-refractivity contribution in [2.75, 3.05) is 27.7 Å². The van der Waals surface area contributed by atoms with Crippen LogP contribution >= 0.6 is 35.3 Å². The van der Waals surface area contributed by atoms with Crippen molar-refractivity contribution in [2.45, 2.75) is 45.7 Å². The Hall–Kier alpha value is -0.340. The van der Waals surface area contributed by atoms with Gasteiger partial charge in [-0.1, -0.05) is 19.9 Å². The Morgan fingerprint density at radius 3 is 2.43 bits per heavy atom. The standard InChI is InChI=1S/C17H32N4S.HI/c1-13(2)9-10-14(3)20-17(18-4)19-12-15(21(5)6)16-8-7-11-22-16;/h7-8,11,13-15H,9-10,12H2,1-6H3,(H2,18,19,20);1H. The Labute approximate surface area is 163 Å². The molecule has 0 aliphatic rings. The normalized spacial score (nSPS) is 14.5. The van der Waals surface area contributed by atoms with Gasteiger partial charge < -0.3 is 15.5 Å². The lowest BCUT2D eigenvalue weighted by Crippen LogP contribution is -2.45. The molecule has 4 nitrogen and oxygen atoms in total. The van der Waals surface area contributed by atoms with Gasteiger partial charge in [-0.2, -0.15) is 0 Å². The Balaban J connectivity index is 0.00000484. The number of nitrogens with zero attached hydrogens (tertiary/aromatic N) is 2. The van der Waals surface area contributed by atoms with E-state index in [1.54, 1.807) is 11.3 Å². The number of guanidine groups is 1. The first-order valence-electron chi connectivity index (χ1n) is 8.11. The van der Waals surface area contributed by atoms with Crippen LogP contribution in [0.5, 0.6) is 0 Å². The molecule has 0 aliphatic carbocycles. The van der Waals surface area contributed by atoms with Crippen LogP contribution in [0.3, 0.4) is 0 Å². The maximum absolute atomic E-state index is 4.35. The number of halogens is 1. The molecule has 0 amide bonds. The van der Waals surface area contributed by atoms with Crippen LogP contribution < -0.4 is 10.6 Å². The van der Waals surface area contributed by atoms with Crippen molar-refractivity contribution in [1.29, 1.82) is 0 Å². The molecule has 0 aliphatic heterocycles. The van der Waals surface area contributed by atoms with E-state index in [0.717, 1.165) is 18.4 Å². The summed E-state index contributed by atoms with van der Waals surface area (Å²) in [6, 6.07) is 5.11. The number of nitrogens with one attached hydrogen (secondary N) is 2. The lowest BCUT2D eigenvalue weighted by atomic mass is 10.0. The maximum Gasteiger partial charge on any atom is 0.191 e. The highest BCUT2D eigenvalue weighted by Gasteiger charge is 2.16. The third-order valence-electron chi connectivity index (χ3n) is 3.74. The third kappa shape index (κ3) is 8.91. The Morgan fingerprint density at radius 2 is 1.96 bits per heavy atom. The highest BCUT2D eigenvalue weighted by Crippen LogP contribution is 2.22. The van der Waals surface area contributed by atoms with Crippen molar-refractivity contribution in [2.24, 2.45) is 10.9 Å². The lowest BCUT2D eigenvalue weighted by Gasteiger charge is -2.25. The van der Waals surface area contributed by atoms with Crippen molar-refractivity contribution >= 4 is 41.3 Å². The van der Waals surface area contributed by atoms with Gasteiger partial charge >= 0.3 is 0 Å². The minimum absolute atomic E-state index is 0. The van der Waals surface area contributed by atoms with E-state index in [2.05, 4.69) is 72.9 Å². The Bertz CT molecular complexity index is 432. The highest BCUT2D eigenvalue weighted by atomic mass is 127. The molecule has 2 atom stereocenters. The molecule has 1 rings (SSSR count). The number of thiophene rings is 1. The fraction of sp³-hybridized carbons (Fsp3) is 0.706. The van der Waals surface area contributed by atoms with Crippen LogP contribution in [0.25, 0.3) is 0 Å². The van der Waals surface area contributed by atoms with Crippen molar-refractivity contribution < 1.29 is 0 Å². The second-order valence-corrected chi connectivity index (χ2v) is 7.44. The first-order chi connectivity index (χ1) is 10.4. The quantitative estimate of drug-likeness (QED) is 0.357. The van der Waals surface area contributed by atoms with Crippen molar-refractivity contribution in [3.63, 3.8) is 0 Å². The van der Waals surface area contributed by atoms with E-state index in [1.165, 1.54) is 17.7 Å². The molecule has 0 saturated heterocycles. The maximum atomic E-state index is 4.35. The number of rotatable bonds is 8. The molecule has 6 heteroatoms. The van der Waals surface area contributed by atoms with Crippen LogP contribution in [0.4, 0.5) is 0 Å². The van der Waals surface area contributed by atoms with Gasteiger partial charge in [0.2, 0.25) is 0 Å². The molecule has 23 heavy (non-hydrogen) atoms. The highest BCUT2D eigenvalue weighted by molar-refractivity contribution is 14.0. The van der Waals surface area contributed by atoms with Gasteiger partial charge in [-0.25, -0.2) is 0 Å². The summed E-state index contributed by atoms with van der Waals surface area (Å²) < 4.78 is 0. The summed E-state index contributed by atoms with van der Waals surface area (Å²) in [7, 11) is 6.07. The molecule has 0 spiro atoms. The summed E-state index contributed by atoms with van der Waals surface area (Å²) in [5.41, 5.74) is 0. The van der Waals surface area contributed by atoms with Crippen molar-refractivity contribution in [3.05, 3.63) is 22.4 Å². The van der Waals surface area contributed by atoms with Crippen LogP contribution in [-0.4, -0.2) is 44.6 Å². The molecule has 0 fully saturated rings. The zero-order chi connectivity index (χ0) is 16.5. The van der Waals surface area contributed by atoms with Crippen LogP contribution in [-0.2, 0) is 0 Å². The van der Waals surface area contributed by atoms with Crippen LogP contribution in [0, 0.1) is 5.92 Å². The monoisotopic (exact) mass is 452 g/mol. The largest absolute Gasteiger partial charge is 0.354 e. The second kappa shape index (κ2) is 12.1. The predicted molar refractivity (Wildman–Crippen MR) is 114 cm³/mol. The summed E-state index contributed by atoms with van der Waals surface area (Å²) >= 11 is 1.80. The molecular formula is C17H33IN4S. The van der Waals surface area contributed by atoms with Crippen molar-refractivity contribution in [1.82, 2.24) is 15.5 Å². The van der Waals surface area contributed by atoms with E-state index >= 15 is 0 Å². The molecule has 0 radical (unpaired) electrons. The number of likely N-dealkylation sites (N-methyl/N-ethyl adjacent to an activating group) is 1. The first kappa shape index (κ1) is 22.7. The molecule has 1 aromatic rings. The summed E-state index contributed by atoms with van der Waals surface area (Å²) in [6.45, 7) is 7.60. The molecule has 1 heterocycles. The zero-order valence-electron chi connectivity index (χ0n) is 15.3. The van der Waals surface area contributed by atoms with Gasteiger partial charge in [0, 0.05) is 24.5 Å². The van der Waals surface area contributed by atoms with Crippen LogP contribution in [0.2, 0.25) is 0 Å². The van der Waals surface area contributed by atoms with Gasteiger partial charge in [0.05, 0.1) is 6.04 Å². The van der Waals surface area contributed by atoms with E-state index in [9.17, 15) is 0 Å². The average Bonchev–Trinajstić information content (AvgIpc) is 2.97. The van der Waals surface area contributed by atoms with Crippen LogP contribution in [0.15, 0.2) is 22.5 Å². The Kier molecular flexibility index (Phi) is 11.9. The van der Waals surface area contributed by atoms with E-state index in [0.29, 0.717) is 12.1 Å². The molecule has 2 unspecified atom stereocenters. The second-order valence-electron chi connectivity index (χ2n) is 6.46. The zero-order valence-corrected chi connectivity index (χ0v) is 18.4. The summed E-state index contributed by atoms with van der Waals surface area (Å²) in [5.74, 6) is 1.64. The summed E-state index contributed by atoms with van der Waals surface area (Å²) in [4.78, 5) is 7.97. The molecule has 2 N–H and O–H groups in total. The smallest absolute Gasteiger partial charge is 0.191 e. The minimum atomic E-state index is 0. The molecule has 0 aromatic carbocycles. The fourth-order valence-electron chi connectivity index (χ4n) is 2.30. The predicted octanol–water partition coefficient (Wildman–Crippen LogP) is 3.96. The number of hydrogen-bond acceptors (Lipinski definition) is 3. The average molecular weight is 452 g/mol. The SMILES string of the molecule is CN=C(NCC(c1cccs1)N(C)C)NC(C)CCC(C)C.I.